The quantitative estimate of drug-likeness (QED) is 0.234. The second-order valence-corrected chi connectivity index (χ2v) is 56.7. The summed E-state index contributed by atoms with van der Waals surface area (Å²) in [6.45, 7) is 49.6. The molecule has 0 atom stereocenters. The third-order valence-corrected chi connectivity index (χ3v) is 71.7. The summed E-state index contributed by atoms with van der Waals surface area (Å²) in [7, 11) is -8.03. The predicted octanol–water partition coefficient (Wildman–Crippen LogP) is 8.65. The zero-order chi connectivity index (χ0) is 22.7. The Morgan fingerprint density at radius 1 is 0.296 bits per heavy atom. The molecule has 0 bridgehead atoms. The predicted molar refractivity (Wildman–Crippen MR) is 145 cm³/mol. The maximum absolute atomic E-state index is 2.76. The molecule has 0 radical (unpaired) electrons. The van der Waals surface area contributed by atoms with Crippen LogP contribution in [0.2, 0.25) is 116 Å². The van der Waals surface area contributed by atoms with Gasteiger partial charge >= 0.3 is 207 Å². The fraction of sp³-hybridized carbons (Fsp3) is 1.00. The van der Waals surface area contributed by atoms with Crippen molar-refractivity contribution in [3.05, 3.63) is 0 Å². The van der Waals surface area contributed by atoms with Gasteiger partial charge in [0, 0.05) is 0 Å². The van der Waals surface area contributed by atoms with Crippen molar-refractivity contribution < 1.29 is 42.4 Å². The monoisotopic (exact) mass is 636 g/mol. The van der Waals surface area contributed by atoms with Crippen molar-refractivity contribution in [2.75, 3.05) is 0 Å². The average Bonchev–Trinajstić information content (AvgIpc) is 2.16. The van der Waals surface area contributed by atoms with E-state index in [0.29, 0.717) is 0 Å². The van der Waals surface area contributed by atoms with Gasteiger partial charge in [0.1, 0.15) is 0 Å². The SMILES string of the molecule is C[Si](C)(C)[C]([Yb][C]([Si](C)(C)C)([Si](C)(C)C)[Si](C)(C)C)([Si](C)(C)C)[Si](C)(C)C. The van der Waals surface area contributed by atoms with Gasteiger partial charge in [-0.2, -0.15) is 0 Å². The summed E-state index contributed by atoms with van der Waals surface area (Å²) >= 11 is 0.868. The van der Waals surface area contributed by atoms with Crippen LogP contribution in [0.4, 0.5) is 0 Å². The van der Waals surface area contributed by atoms with Crippen molar-refractivity contribution in [3.63, 3.8) is 0 Å². The van der Waals surface area contributed by atoms with Crippen molar-refractivity contribution in [1.29, 1.82) is 0 Å². The summed E-state index contributed by atoms with van der Waals surface area (Å²) in [4.78, 5) is 0. The summed E-state index contributed by atoms with van der Waals surface area (Å²) in [6, 6.07) is 0. The van der Waals surface area contributed by atoms with Gasteiger partial charge in [-0.25, -0.2) is 0 Å². The summed E-state index contributed by atoms with van der Waals surface area (Å²) in [5.41, 5.74) is 0. The van der Waals surface area contributed by atoms with Crippen molar-refractivity contribution in [2.45, 2.75) is 116 Å². The number of hydrogen-bond donors (Lipinski definition) is 0. The molecule has 0 fully saturated rings. The van der Waals surface area contributed by atoms with Gasteiger partial charge in [0.05, 0.1) is 0 Å². The van der Waals surface area contributed by atoms with E-state index in [1.165, 1.54) is 0 Å². The van der Waals surface area contributed by atoms with Gasteiger partial charge in [-0.3, -0.25) is 0 Å². The molecule has 0 saturated carbocycles. The van der Waals surface area contributed by atoms with Gasteiger partial charge in [0.25, 0.3) is 0 Å². The third kappa shape index (κ3) is 5.25. The molecule has 0 aliphatic carbocycles. The molecule has 0 spiro atoms. The molecule has 0 unspecified atom stereocenters. The van der Waals surface area contributed by atoms with Crippen molar-refractivity contribution >= 4 is 48.4 Å². The molecule has 7 heteroatoms. The molecular weight excluding hydrogens is 582 g/mol. The van der Waals surface area contributed by atoms with Crippen molar-refractivity contribution in [2.24, 2.45) is 0 Å². The zero-order valence-electron chi connectivity index (χ0n) is 22.3. The van der Waals surface area contributed by atoms with Gasteiger partial charge in [0.2, 0.25) is 0 Å². The number of rotatable bonds is 8. The standard InChI is InChI=1S/2C10H27Si3.Yb/c2*1-11(2,3)10(12(4,5)6)13(7,8)9;/h2*1-9H3;. The molecule has 0 heterocycles. The van der Waals surface area contributed by atoms with Crippen LogP contribution >= 0.6 is 0 Å². The zero-order valence-corrected chi connectivity index (χ0v) is 30.0. The molecule has 0 saturated heterocycles. The molecule has 0 aliphatic heterocycles. The fourth-order valence-electron chi connectivity index (χ4n) is 7.50. The van der Waals surface area contributed by atoms with Gasteiger partial charge < -0.3 is 0 Å². The van der Waals surface area contributed by atoms with Gasteiger partial charge in [0.15, 0.2) is 0 Å². The van der Waals surface area contributed by atoms with Crippen molar-refractivity contribution in [1.82, 2.24) is 0 Å². The van der Waals surface area contributed by atoms with Gasteiger partial charge in [-0.05, 0) is 0 Å². The first-order chi connectivity index (χ1) is 11.2. The van der Waals surface area contributed by atoms with Crippen LogP contribution in [-0.4, -0.2) is 48.4 Å². The molecule has 0 amide bonds. The van der Waals surface area contributed by atoms with E-state index in [1.807, 2.05) is 0 Å². The Kier molecular flexibility index (Phi) is 9.17. The molecule has 0 aromatic rings. The fourth-order valence-corrected chi connectivity index (χ4v) is 84.2. The van der Waals surface area contributed by atoms with Crippen LogP contribution in [0.15, 0.2) is 0 Å². The molecule has 0 N–H and O–H groups in total. The Labute approximate surface area is 204 Å². The van der Waals surface area contributed by atoms with Crippen LogP contribution in [0, 0.1) is 42.4 Å². The van der Waals surface area contributed by atoms with Crippen LogP contribution in [0.3, 0.4) is 0 Å². The van der Waals surface area contributed by atoms with Crippen LogP contribution in [-0.2, 0) is 0 Å². The summed E-state index contributed by atoms with van der Waals surface area (Å²) in [6.07, 6.45) is 0. The van der Waals surface area contributed by atoms with Gasteiger partial charge in [-0.1, -0.05) is 0 Å². The Balaban J connectivity index is 7.45. The Morgan fingerprint density at radius 2 is 0.407 bits per heavy atom. The first-order valence-corrected chi connectivity index (χ1v) is 33.5. The number of hydrogen-bond acceptors (Lipinski definition) is 0. The maximum atomic E-state index is 2.76. The third-order valence-electron chi connectivity index (χ3n) is 5.90. The van der Waals surface area contributed by atoms with E-state index in [9.17, 15) is 0 Å². The molecule has 172 valence electrons. The van der Waals surface area contributed by atoms with E-state index >= 15 is 0 Å². The molecule has 0 aromatic carbocycles. The van der Waals surface area contributed by atoms with Crippen LogP contribution in [0.5, 0.6) is 0 Å². The first-order valence-electron chi connectivity index (χ1n) is 10.8. The topological polar surface area (TPSA) is 0 Å². The first kappa shape index (κ1) is 29.8. The Bertz CT molecular complexity index is 396. The normalized spacial score (nSPS) is 16.8. The molecule has 0 aliphatic rings. The molecular formula is C20H54Si6Yb. The van der Waals surface area contributed by atoms with Crippen molar-refractivity contribution in [3.8, 4) is 0 Å². The minimum atomic E-state index is -1.34. The van der Waals surface area contributed by atoms with E-state index < -0.39 is 48.4 Å². The second-order valence-electron chi connectivity index (χ2n) is 14.7. The average molecular weight is 636 g/mol. The Hall–Kier alpha value is 2.82. The van der Waals surface area contributed by atoms with Gasteiger partial charge in [-0.15, -0.1) is 0 Å². The Morgan fingerprint density at radius 3 is 0.481 bits per heavy atom. The minimum absolute atomic E-state index is 0.744. The molecule has 0 nitrogen and oxygen atoms in total. The van der Waals surface area contributed by atoms with E-state index in [4.69, 9.17) is 0 Å². The summed E-state index contributed by atoms with van der Waals surface area (Å²) in [5.74, 6) is 0. The van der Waals surface area contributed by atoms with E-state index in [-0.39, 0.29) is 0 Å². The summed E-state index contributed by atoms with van der Waals surface area (Å²) in [5, 5.41) is 0. The second kappa shape index (κ2) is 8.31. The van der Waals surface area contributed by atoms with E-state index in [2.05, 4.69) is 118 Å². The van der Waals surface area contributed by atoms with Crippen LogP contribution in [0.25, 0.3) is 0 Å². The molecule has 0 aromatic heterocycles. The van der Waals surface area contributed by atoms with E-state index in [0.717, 1.165) is 40.4 Å². The molecule has 27 heavy (non-hydrogen) atoms. The summed E-state index contributed by atoms with van der Waals surface area (Å²) < 4.78 is 1.49. The van der Waals surface area contributed by atoms with Crippen LogP contribution in [0.1, 0.15) is 0 Å². The molecule has 0 rings (SSSR count). The van der Waals surface area contributed by atoms with E-state index in [1.54, 1.807) is 0 Å². The van der Waals surface area contributed by atoms with Crippen LogP contribution < -0.4 is 0 Å².